The third-order valence-electron chi connectivity index (χ3n) is 7.33. The molecule has 0 atom stereocenters. The van der Waals surface area contributed by atoms with Crippen LogP contribution >= 0.6 is 11.3 Å². The normalized spacial score (nSPS) is 12.8. The van der Waals surface area contributed by atoms with E-state index in [1.165, 1.54) is 29.7 Å². The van der Waals surface area contributed by atoms with Crippen LogP contribution in [0.15, 0.2) is 95.5 Å². The number of nitrogens with one attached hydrogen (secondary N) is 1. The van der Waals surface area contributed by atoms with Gasteiger partial charge in [-0.1, -0.05) is 36.4 Å². The zero-order valence-corrected chi connectivity index (χ0v) is 26.3. The van der Waals surface area contributed by atoms with Gasteiger partial charge in [-0.3, -0.25) is 15.1 Å². The maximum absolute atomic E-state index is 13.5. The van der Waals surface area contributed by atoms with E-state index in [1.807, 2.05) is 48.5 Å². The maximum Gasteiger partial charge on any atom is 0.258 e. The third kappa shape index (κ3) is 6.43. The molecule has 0 radical (unpaired) electrons. The number of carbonyl (C=O) groups is 1. The quantitative estimate of drug-likeness (QED) is 0.159. The van der Waals surface area contributed by atoms with Crippen molar-refractivity contribution in [2.24, 2.45) is 0 Å². The number of hydrogen-bond acceptors (Lipinski definition) is 8. The Kier molecular flexibility index (Phi) is 8.08. The molecule has 0 saturated heterocycles. The van der Waals surface area contributed by atoms with E-state index in [-0.39, 0.29) is 4.90 Å². The summed E-state index contributed by atoms with van der Waals surface area (Å²) >= 11 is 1.28. The summed E-state index contributed by atoms with van der Waals surface area (Å²) in [6.45, 7) is 3.37. The van der Waals surface area contributed by atoms with E-state index in [4.69, 9.17) is 0 Å². The molecule has 0 aliphatic rings. The largest absolute Gasteiger partial charge is 0.298 e. The number of anilines is 1. The predicted octanol–water partition coefficient (Wildman–Crippen LogP) is 6.22. The van der Waals surface area contributed by atoms with Crippen molar-refractivity contribution in [3.8, 4) is 11.1 Å². The Morgan fingerprint density at radius 1 is 0.884 bits per heavy atom. The summed E-state index contributed by atoms with van der Waals surface area (Å²) in [5.74, 6) is -0.406. The number of rotatable bonds is 8. The first-order valence-electron chi connectivity index (χ1n) is 13.2. The number of benzene rings is 3. The summed E-state index contributed by atoms with van der Waals surface area (Å²) in [6, 6.07) is 21.1. The molecule has 0 spiro atoms. The highest BCUT2D eigenvalue weighted by Gasteiger charge is 2.33. The summed E-state index contributed by atoms with van der Waals surface area (Å²) in [5.41, 5.74) is 4.43. The molecule has 8 nitrogen and oxygen atoms in total. The average molecular weight is 632 g/mol. The van der Waals surface area contributed by atoms with Gasteiger partial charge in [0.2, 0.25) is 0 Å². The van der Waals surface area contributed by atoms with E-state index >= 15 is 0 Å². The highest BCUT2D eigenvalue weighted by molar-refractivity contribution is 7.91. The molecule has 0 aliphatic heterocycles. The molecular weight excluding hydrogens is 603 g/mol. The van der Waals surface area contributed by atoms with Crippen molar-refractivity contribution in [3.05, 3.63) is 107 Å². The highest BCUT2D eigenvalue weighted by atomic mass is 32.2. The topological polar surface area (TPSA) is 123 Å². The van der Waals surface area contributed by atoms with Crippen LogP contribution in [0.25, 0.3) is 33.7 Å². The molecule has 2 heterocycles. The minimum absolute atomic E-state index is 0.147. The van der Waals surface area contributed by atoms with Gasteiger partial charge in [-0.05, 0) is 78.6 Å². The summed E-state index contributed by atoms with van der Waals surface area (Å²) < 4.78 is 48.3. The van der Waals surface area contributed by atoms with Gasteiger partial charge in [-0.15, -0.1) is 11.3 Å². The fraction of sp³-hybridized carbons (Fsp3) is 0.156. The van der Waals surface area contributed by atoms with Crippen LogP contribution in [0.5, 0.6) is 0 Å². The molecular formula is C32H29N3O5S3. The van der Waals surface area contributed by atoms with E-state index < -0.39 is 30.3 Å². The molecule has 0 bridgehead atoms. The highest BCUT2D eigenvalue weighted by Crippen LogP contribution is 2.37. The summed E-state index contributed by atoms with van der Waals surface area (Å²) in [7, 11) is -6.85. The molecule has 5 aromatic rings. The number of pyridine rings is 1. The zero-order chi connectivity index (χ0) is 31.0. The molecule has 43 heavy (non-hydrogen) atoms. The van der Waals surface area contributed by atoms with Crippen molar-refractivity contribution in [2.75, 3.05) is 17.8 Å². The van der Waals surface area contributed by atoms with Gasteiger partial charge in [0.05, 0.1) is 15.2 Å². The number of sulfone groups is 2. The average Bonchev–Trinajstić information content (AvgIpc) is 3.47. The van der Waals surface area contributed by atoms with Crippen LogP contribution in [0, 0.1) is 0 Å². The van der Waals surface area contributed by atoms with Crippen molar-refractivity contribution >= 4 is 64.6 Å². The first-order chi connectivity index (χ1) is 20.2. The monoisotopic (exact) mass is 631 g/mol. The van der Waals surface area contributed by atoms with Gasteiger partial charge in [0, 0.05) is 46.8 Å². The molecule has 2 aromatic heterocycles. The van der Waals surface area contributed by atoms with Crippen molar-refractivity contribution in [1.82, 2.24) is 9.97 Å². The zero-order valence-electron chi connectivity index (χ0n) is 23.9. The standard InChI is InChI=1S/C32H29N3O5S3/c1-32(2,43(4,39)40)25-19-24-9-6-14-33-29(24)27(20-25)23-8-5-7-21(17-23)18-28(30(36)35-31-34-15-16-41-31)22-10-12-26(13-11-22)42(3,37)38/h5-20H,1-4H3,(H,34,35,36)/b28-18+. The first-order valence-corrected chi connectivity index (χ1v) is 17.8. The first kappa shape index (κ1) is 30.3. The van der Waals surface area contributed by atoms with E-state index in [1.54, 1.807) is 49.8 Å². The van der Waals surface area contributed by atoms with Crippen molar-refractivity contribution in [1.29, 1.82) is 0 Å². The van der Waals surface area contributed by atoms with Gasteiger partial charge in [-0.25, -0.2) is 21.8 Å². The van der Waals surface area contributed by atoms with Gasteiger partial charge >= 0.3 is 0 Å². The van der Waals surface area contributed by atoms with Crippen molar-refractivity contribution in [2.45, 2.75) is 23.5 Å². The molecule has 1 N–H and O–H groups in total. The molecule has 0 saturated carbocycles. The number of hydrogen-bond donors (Lipinski definition) is 1. The second-order valence-electron chi connectivity index (χ2n) is 10.7. The Morgan fingerprint density at radius 2 is 1.63 bits per heavy atom. The van der Waals surface area contributed by atoms with Crippen LogP contribution in [0.2, 0.25) is 0 Å². The van der Waals surface area contributed by atoms with E-state index in [2.05, 4.69) is 15.3 Å². The minimum atomic E-state index is -3.44. The van der Waals surface area contributed by atoms with Crippen LogP contribution in [-0.4, -0.2) is 45.2 Å². The number of carbonyl (C=O) groups excluding carboxylic acids is 1. The van der Waals surface area contributed by atoms with Crippen LogP contribution in [0.1, 0.15) is 30.5 Å². The van der Waals surface area contributed by atoms with Gasteiger partial charge in [0.25, 0.3) is 5.91 Å². The smallest absolute Gasteiger partial charge is 0.258 e. The van der Waals surface area contributed by atoms with Gasteiger partial charge < -0.3 is 0 Å². The van der Waals surface area contributed by atoms with Crippen LogP contribution in [0.3, 0.4) is 0 Å². The molecule has 11 heteroatoms. The number of aromatic nitrogens is 2. The number of thiazole rings is 1. The molecule has 1 amide bonds. The van der Waals surface area contributed by atoms with E-state index in [0.29, 0.717) is 27.4 Å². The number of nitrogens with zero attached hydrogens (tertiary/aromatic N) is 2. The molecule has 0 unspecified atom stereocenters. The fourth-order valence-electron chi connectivity index (χ4n) is 4.55. The van der Waals surface area contributed by atoms with Crippen LogP contribution in [0.4, 0.5) is 5.13 Å². The lowest BCUT2D eigenvalue weighted by Crippen LogP contribution is -2.28. The SMILES string of the molecule is CC(C)(c1cc(-c2cccc(/C=C(/C(=O)Nc3nccs3)c3ccc(S(C)(=O)=O)cc3)c2)c2ncccc2c1)S(C)(=O)=O. The van der Waals surface area contributed by atoms with Crippen molar-refractivity contribution in [3.63, 3.8) is 0 Å². The Hall–Kier alpha value is -4.19. The van der Waals surface area contributed by atoms with E-state index in [0.717, 1.165) is 28.3 Å². The van der Waals surface area contributed by atoms with E-state index in [9.17, 15) is 21.6 Å². The van der Waals surface area contributed by atoms with Gasteiger partial charge in [-0.2, -0.15) is 0 Å². The third-order valence-corrected chi connectivity index (χ3v) is 11.2. The second kappa shape index (κ2) is 11.5. The number of fused-ring (bicyclic) bond motifs is 1. The molecule has 220 valence electrons. The Labute approximate surface area is 255 Å². The molecule has 3 aromatic carbocycles. The molecule has 0 fully saturated rings. The van der Waals surface area contributed by atoms with Crippen LogP contribution < -0.4 is 5.32 Å². The predicted molar refractivity (Wildman–Crippen MR) is 173 cm³/mol. The van der Waals surface area contributed by atoms with Gasteiger partial charge in [0.15, 0.2) is 24.8 Å². The summed E-state index contributed by atoms with van der Waals surface area (Å²) in [5, 5.41) is 5.80. The fourth-order valence-corrected chi connectivity index (χ4v) is 6.25. The summed E-state index contributed by atoms with van der Waals surface area (Å²) in [4.78, 5) is 22.4. The summed E-state index contributed by atoms with van der Waals surface area (Å²) in [6.07, 6.45) is 7.36. The lowest BCUT2D eigenvalue weighted by molar-refractivity contribution is -0.111. The lowest BCUT2D eigenvalue weighted by atomic mass is 9.92. The Bertz CT molecular complexity index is 2080. The van der Waals surface area contributed by atoms with Crippen LogP contribution in [-0.2, 0) is 29.2 Å². The van der Waals surface area contributed by atoms with Crippen molar-refractivity contribution < 1.29 is 21.6 Å². The Balaban J connectivity index is 1.65. The second-order valence-corrected chi connectivity index (χ2v) is 16.1. The Morgan fingerprint density at radius 3 is 2.28 bits per heavy atom. The molecule has 0 aliphatic carbocycles. The van der Waals surface area contributed by atoms with Gasteiger partial charge in [0.1, 0.15) is 0 Å². The number of amides is 1. The maximum atomic E-state index is 13.5. The molecule has 5 rings (SSSR count). The lowest BCUT2D eigenvalue weighted by Gasteiger charge is -2.24. The minimum Gasteiger partial charge on any atom is -0.298 e.